The predicted octanol–water partition coefficient (Wildman–Crippen LogP) is 1.88. The van der Waals surface area contributed by atoms with Crippen LogP contribution in [-0.2, 0) is 14.6 Å². The third-order valence-electron chi connectivity index (χ3n) is 4.60. The molecule has 140 valence electrons. The van der Waals surface area contributed by atoms with Crippen molar-refractivity contribution in [2.24, 2.45) is 5.92 Å². The standard InChI is InChI=1S/C15H24N4O3S3/c1-10(2)23-15-18-17-14(24-15)16-13(20)11-3-6-19(7-4-11)12-5-8-25(21,22)9-12/h10-12H,3-9H2,1-2H3,(H,16,17,20). The first-order chi connectivity index (χ1) is 11.8. The fourth-order valence-electron chi connectivity index (χ4n) is 3.31. The van der Waals surface area contributed by atoms with E-state index in [1.165, 1.54) is 11.3 Å². The van der Waals surface area contributed by atoms with Crippen molar-refractivity contribution < 1.29 is 13.2 Å². The summed E-state index contributed by atoms with van der Waals surface area (Å²) in [4.78, 5) is 14.7. The number of sulfone groups is 1. The molecular formula is C15H24N4O3S3. The largest absolute Gasteiger partial charge is 0.300 e. The number of nitrogens with zero attached hydrogens (tertiary/aromatic N) is 3. The molecule has 0 saturated carbocycles. The van der Waals surface area contributed by atoms with Crippen molar-refractivity contribution in [1.29, 1.82) is 0 Å². The second-order valence-electron chi connectivity index (χ2n) is 6.90. The molecule has 0 aromatic carbocycles. The molecule has 2 aliphatic rings. The van der Waals surface area contributed by atoms with E-state index in [-0.39, 0.29) is 23.6 Å². The van der Waals surface area contributed by atoms with Crippen LogP contribution < -0.4 is 5.32 Å². The molecule has 2 saturated heterocycles. The Kier molecular flexibility index (Phi) is 6.02. The third kappa shape index (κ3) is 5.15. The molecule has 10 heteroatoms. The number of carbonyl (C=O) groups excluding carboxylic acids is 1. The number of hydrogen-bond donors (Lipinski definition) is 1. The first kappa shape index (κ1) is 19.1. The number of hydrogen-bond acceptors (Lipinski definition) is 8. The minimum atomic E-state index is -2.86. The second-order valence-corrected chi connectivity index (χ2v) is 11.9. The van der Waals surface area contributed by atoms with Gasteiger partial charge in [-0.15, -0.1) is 10.2 Å². The highest BCUT2D eigenvalue weighted by molar-refractivity contribution is 8.01. The lowest BCUT2D eigenvalue weighted by Gasteiger charge is -2.34. The molecule has 1 aromatic rings. The average Bonchev–Trinajstić information content (AvgIpc) is 3.13. The molecule has 0 aliphatic carbocycles. The van der Waals surface area contributed by atoms with Gasteiger partial charge >= 0.3 is 0 Å². The first-order valence-electron chi connectivity index (χ1n) is 8.58. The zero-order chi connectivity index (χ0) is 18.0. The van der Waals surface area contributed by atoms with Crippen molar-refractivity contribution in [2.75, 3.05) is 29.9 Å². The summed E-state index contributed by atoms with van der Waals surface area (Å²) in [6.45, 7) is 5.74. The number of anilines is 1. The molecule has 1 N–H and O–H groups in total. The van der Waals surface area contributed by atoms with Crippen molar-refractivity contribution in [3.05, 3.63) is 0 Å². The lowest BCUT2D eigenvalue weighted by atomic mass is 9.95. The summed E-state index contributed by atoms with van der Waals surface area (Å²) in [6, 6.07) is 0.132. The number of likely N-dealkylation sites (tertiary alicyclic amines) is 1. The quantitative estimate of drug-likeness (QED) is 0.592. The van der Waals surface area contributed by atoms with E-state index in [1.807, 2.05) is 0 Å². The van der Waals surface area contributed by atoms with Crippen LogP contribution in [0.1, 0.15) is 33.1 Å². The fraction of sp³-hybridized carbons (Fsp3) is 0.800. The van der Waals surface area contributed by atoms with Crippen LogP contribution >= 0.6 is 23.1 Å². The zero-order valence-electron chi connectivity index (χ0n) is 14.5. The van der Waals surface area contributed by atoms with Gasteiger partial charge in [0.1, 0.15) is 0 Å². The number of nitrogens with one attached hydrogen (secondary N) is 1. The normalized spacial score (nSPS) is 24.7. The molecular weight excluding hydrogens is 380 g/mol. The van der Waals surface area contributed by atoms with Gasteiger partial charge in [-0.3, -0.25) is 9.69 Å². The van der Waals surface area contributed by atoms with Gasteiger partial charge in [-0.1, -0.05) is 36.9 Å². The molecule has 0 radical (unpaired) electrons. The number of rotatable bonds is 5. The van der Waals surface area contributed by atoms with Crippen LogP contribution in [0.15, 0.2) is 4.34 Å². The van der Waals surface area contributed by atoms with Crippen LogP contribution in [0.2, 0.25) is 0 Å². The van der Waals surface area contributed by atoms with Gasteiger partial charge in [0.2, 0.25) is 11.0 Å². The Balaban J connectivity index is 1.47. The zero-order valence-corrected chi connectivity index (χ0v) is 16.9. The van der Waals surface area contributed by atoms with Gasteiger partial charge in [-0.05, 0) is 32.4 Å². The van der Waals surface area contributed by atoms with E-state index in [4.69, 9.17) is 0 Å². The van der Waals surface area contributed by atoms with Gasteiger partial charge in [0.25, 0.3) is 0 Å². The van der Waals surface area contributed by atoms with Crippen LogP contribution in [0.25, 0.3) is 0 Å². The summed E-state index contributed by atoms with van der Waals surface area (Å²) < 4.78 is 24.1. The summed E-state index contributed by atoms with van der Waals surface area (Å²) in [5.74, 6) is 0.520. The molecule has 3 heterocycles. The van der Waals surface area contributed by atoms with Gasteiger partial charge in [-0.2, -0.15) is 0 Å². The molecule has 25 heavy (non-hydrogen) atoms. The maximum Gasteiger partial charge on any atom is 0.229 e. The van der Waals surface area contributed by atoms with E-state index in [0.717, 1.165) is 36.7 Å². The van der Waals surface area contributed by atoms with Crippen LogP contribution in [0.5, 0.6) is 0 Å². The van der Waals surface area contributed by atoms with Crippen LogP contribution in [-0.4, -0.2) is 65.3 Å². The Morgan fingerprint density at radius 1 is 1.28 bits per heavy atom. The summed E-state index contributed by atoms with van der Waals surface area (Å²) in [5.41, 5.74) is 0. The summed E-state index contributed by atoms with van der Waals surface area (Å²) in [6.07, 6.45) is 2.24. The van der Waals surface area contributed by atoms with Crippen molar-refractivity contribution in [3.8, 4) is 0 Å². The monoisotopic (exact) mass is 404 g/mol. The summed E-state index contributed by atoms with van der Waals surface area (Å²) in [7, 11) is -2.86. The van der Waals surface area contributed by atoms with E-state index in [0.29, 0.717) is 16.1 Å². The average molecular weight is 405 g/mol. The van der Waals surface area contributed by atoms with Crippen molar-refractivity contribution in [1.82, 2.24) is 15.1 Å². The Labute approximate surface area is 156 Å². The van der Waals surface area contributed by atoms with Gasteiger partial charge in [0.15, 0.2) is 14.2 Å². The molecule has 2 aliphatic heterocycles. The van der Waals surface area contributed by atoms with Crippen molar-refractivity contribution in [2.45, 2.75) is 48.7 Å². The highest BCUT2D eigenvalue weighted by atomic mass is 32.2. The highest BCUT2D eigenvalue weighted by Gasteiger charge is 2.35. The van der Waals surface area contributed by atoms with E-state index in [1.54, 1.807) is 11.8 Å². The molecule has 1 unspecified atom stereocenters. The molecule has 0 spiro atoms. The molecule has 2 fully saturated rings. The van der Waals surface area contributed by atoms with Crippen LogP contribution in [0.4, 0.5) is 5.13 Å². The Bertz CT molecular complexity index is 711. The first-order valence-corrected chi connectivity index (χ1v) is 12.1. The summed E-state index contributed by atoms with van der Waals surface area (Å²) >= 11 is 3.04. The molecule has 7 nitrogen and oxygen atoms in total. The van der Waals surface area contributed by atoms with E-state index in [9.17, 15) is 13.2 Å². The van der Waals surface area contributed by atoms with E-state index < -0.39 is 9.84 Å². The van der Waals surface area contributed by atoms with Gasteiger partial charge in [0.05, 0.1) is 11.5 Å². The number of thioether (sulfide) groups is 1. The lowest BCUT2D eigenvalue weighted by Crippen LogP contribution is -2.44. The Hall–Kier alpha value is -0.710. The van der Waals surface area contributed by atoms with Crippen molar-refractivity contribution in [3.63, 3.8) is 0 Å². The summed E-state index contributed by atoms with van der Waals surface area (Å²) in [5, 5.41) is 12.0. The van der Waals surface area contributed by atoms with Gasteiger partial charge in [0, 0.05) is 17.2 Å². The molecule has 1 aromatic heterocycles. The van der Waals surface area contributed by atoms with Gasteiger partial charge in [-0.25, -0.2) is 8.42 Å². The maximum atomic E-state index is 12.4. The number of aromatic nitrogens is 2. The maximum absolute atomic E-state index is 12.4. The third-order valence-corrected chi connectivity index (χ3v) is 8.28. The number of carbonyl (C=O) groups is 1. The molecule has 1 amide bonds. The van der Waals surface area contributed by atoms with Gasteiger partial charge < -0.3 is 5.32 Å². The highest BCUT2D eigenvalue weighted by Crippen LogP contribution is 2.30. The van der Waals surface area contributed by atoms with E-state index >= 15 is 0 Å². The predicted molar refractivity (Wildman–Crippen MR) is 101 cm³/mol. The second kappa shape index (κ2) is 7.89. The van der Waals surface area contributed by atoms with Crippen LogP contribution in [0.3, 0.4) is 0 Å². The fourth-order valence-corrected chi connectivity index (χ4v) is 7.05. The van der Waals surface area contributed by atoms with Crippen LogP contribution in [0, 0.1) is 5.92 Å². The lowest BCUT2D eigenvalue weighted by molar-refractivity contribution is -0.121. The topological polar surface area (TPSA) is 92.3 Å². The molecule has 1 atom stereocenters. The Morgan fingerprint density at radius 3 is 2.60 bits per heavy atom. The minimum absolute atomic E-state index is 0.00376. The number of piperidine rings is 1. The number of amides is 1. The smallest absolute Gasteiger partial charge is 0.229 e. The van der Waals surface area contributed by atoms with Crippen molar-refractivity contribution >= 4 is 44.0 Å². The van der Waals surface area contributed by atoms with E-state index in [2.05, 4.69) is 34.3 Å². The molecule has 3 rings (SSSR count). The Morgan fingerprint density at radius 2 is 2.00 bits per heavy atom. The minimum Gasteiger partial charge on any atom is -0.300 e. The molecule has 0 bridgehead atoms. The SMILES string of the molecule is CC(C)Sc1nnc(NC(=O)C2CCN(C3CCS(=O)(=O)C3)CC2)s1.